The molecule has 4 aromatic rings. The van der Waals surface area contributed by atoms with E-state index in [-0.39, 0.29) is 17.6 Å². The van der Waals surface area contributed by atoms with E-state index in [9.17, 15) is 4.79 Å². The van der Waals surface area contributed by atoms with Crippen molar-refractivity contribution in [1.29, 1.82) is 0 Å². The Morgan fingerprint density at radius 3 is 2.73 bits per heavy atom. The highest BCUT2D eigenvalue weighted by Gasteiger charge is 2.47. The molecule has 1 N–H and O–H groups in total. The molecule has 0 aliphatic carbocycles. The number of benzene rings is 1. The van der Waals surface area contributed by atoms with Crippen molar-refractivity contribution in [2.24, 2.45) is 5.41 Å². The molecular formula is C29H34N6O4S. The van der Waals surface area contributed by atoms with Gasteiger partial charge in [-0.1, -0.05) is 11.8 Å². The van der Waals surface area contributed by atoms with Gasteiger partial charge in [-0.15, -0.1) is 0 Å². The second kappa shape index (κ2) is 10.4. The number of methoxy groups -OCH3 is 1. The predicted octanol–water partition coefficient (Wildman–Crippen LogP) is 4.95. The number of nitrogens with one attached hydrogen (secondary N) is 1. The van der Waals surface area contributed by atoms with Gasteiger partial charge < -0.3 is 24.4 Å². The lowest BCUT2D eigenvalue weighted by Crippen LogP contribution is -2.53. The van der Waals surface area contributed by atoms with E-state index < -0.39 is 5.60 Å². The number of fused-ring (bicyclic) bond motifs is 2. The number of carbonyl (C=O) groups excluding carboxylic acids is 1. The van der Waals surface area contributed by atoms with E-state index >= 15 is 0 Å². The number of anilines is 1. The summed E-state index contributed by atoms with van der Waals surface area (Å²) in [5.41, 5.74) is 1.10. The van der Waals surface area contributed by atoms with Gasteiger partial charge in [-0.3, -0.25) is 9.38 Å². The molecule has 11 heteroatoms. The minimum Gasteiger partial charge on any atom is -0.497 e. The zero-order valence-electron chi connectivity index (χ0n) is 23.2. The first-order valence-corrected chi connectivity index (χ1v) is 14.3. The summed E-state index contributed by atoms with van der Waals surface area (Å²) in [5.74, 6) is 1.65. The fourth-order valence-corrected chi connectivity index (χ4v) is 6.57. The highest BCUT2D eigenvalue weighted by molar-refractivity contribution is 7.99. The maximum absolute atomic E-state index is 12.5. The molecule has 1 atom stereocenters. The summed E-state index contributed by atoms with van der Waals surface area (Å²) in [6.45, 7) is 8.37. The van der Waals surface area contributed by atoms with Crippen LogP contribution in [0.4, 0.5) is 10.7 Å². The van der Waals surface area contributed by atoms with Crippen molar-refractivity contribution >= 4 is 40.4 Å². The standard InChI is InChI=1S/C29H34N6O4S/c1-28(2,3)39-27(36)33-24-17-38-18-29(24)8-12-34(13-9-29)26-32-16-23(25-31-11-14-35(25)26)40-22-7-10-30-21-15-19(37-4)5-6-20(21)22/h5-7,10-11,14-16,24H,8-9,12-13,17-18H2,1-4H3,(H,33,36)/t24-/m1/s1. The first-order valence-electron chi connectivity index (χ1n) is 13.5. The SMILES string of the molecule is COc1ccc2c(Sc3cnc(N4CCC5(CC4)COC[C@H]5NC(=O)OC(C)(C)C)n4ccnc34)ccnc2c1. The van der Waals surface area contributed by atoms with Crippen LogP contribution in [0.1, 0.15) is 33.6 Å². The van der Waals surface area contributed by atoms with E-state index in [4.69, 9.17) is 19.2 Å². The Balaban J connectivity index is 1.19. The van der Waals surface area contributed by atoms with E-state index in [1.165, 1.54) is 0 Å². The molecule has 0 unspecified atom stereocenters. The maximum atomic E-state index is 12.5. The molecule has 2 fully saturated rings. The minimum absolute atomic E-state index is 0.0698. The molecule has 2 aliphatic heterocycles. The zero-order valence-corrected chi connectivity index (χ0v) is 24.0. The van der Waals surface area contributed by atoms with Crippen LogP contribution >= 0.6 is 11.8 Å². The average molecular weight is 563 g/mol. The number of hydrogen-bond donors (Lipinski definition) is 1. The normalized spacial score (nSPS) is 18.9. The third-order valence-corrected chi connectivity index (χ3v) is 8.73. The Morgan fingerprint density at radius 1 is 1.12 bits per heavy atom. The fourth-order valence-electron chi connectivity index (χ4n) is 5.57. The van der Waals surface area contributed by atoms with Crippen molar-refractivity contribution in [3.63, 3.8) is 0 Å². The molecule has 3 aromatic heterocycles. The molecule has 6 rings (SSSR count). The van der Waals surface area contributed by atoms with Crippen LogP contribution in [0.5, 0.6) is 5.75 Å². The summed E-state index contributed by atoms with van der Waals surface area (Å²) >= 11 is 1.63. The summed E-state index contributed by atoms with van der Waals surface area (Å²) in [4.78, 5) is 30.9. The molecule has 40 heavy (non-hydrogen) atoms. The molecule has 5 heterocycles. The van der Waals surface area contributed by atoms with Crippen molar-refractivity contribution in [3.05, 3.63) is 49.1 Å². The van der Waals surface area contributed by atoms with Crippen molar-refractivity contribution < 1.29 is 19.0 Å². The topological polar surface area (TPSA) is 103 Å². The molecule has 210 valence electrons. The van der Waals surface area contributed by atoms with Crippen molar-refractivity contribution in [2.45, 2.75) is 55.0 Å². The van der Waals surface area contributed by atoms with Crippen molar-refractivity contribution in [2.75, 3.05) is 38.3 Å². The van der Waals surface area contributed by atoms with Gasteiger partial charge in [0.15, 0.2) is 5.65 Å². The van der Waals surface area contributed by atoms with Crippen LogP contribution < -0.4 is 15.0 Å². The zero-order chi connectivity index (χ0) is 27.9. The van der Waals surface area contributed by atoms with E-state index in [0.29, 0.717) is 13.2 Å². The lowest BCUT2D eigenvalue weighted by molar-refractivity contribution is 0.0455. The molecule has 1 aromatic carbocycles. The Kier molecular flexibility index (Phi) is 6.95. The number of hydrogen-bond acceptors (Lipinski definition) is 9. The number of pyridine rings is 1. The Labute approximate surface area is 237 Å². The number of aromatic nitrogens is 4. The van der Waals surface area contributed by atoms with Gasteiger partial charge in [0, 0.05) is 59.6 Å². The Hall–Kier alpha value is -3.57. The van der Waals surface area contributed by atoms with E-state index in [1.807, 2.05) is 69.8 Å². The number of imidazole rings is 1. The maximum Gasteiger partial charge on any atom is 0.407 e. The van der Waals surface area contributed by atoms with Gasteiger partial charge in [0.1, 0.15) is 11.4 Å². The van der Waals surface area contributed by atoms with Gasteiger partial charge in [0.2, 0.25) is 5.95 Å². The predicted molar refractivity (Wildman–Crippen MR) is 153 cm³/mol. The van der Waals surface area contributed by atoms with Gasteiger partial charge in [0.05, 0.1) is 36.8 Å². The molecule has 0 bridgehead atoms. The van der Waals surface area contributed by atoms with Crippen LogP contribution in [0, 0.1) is 5.41 Å². The summed E-state index contributed by atoms with van der Waals surface area (Å²) < 4.78 is 18.8. The number of amides is 1. The molecule has 0 radical (unpaired) electrons. The summed E-state index contributed by atoms with van der Waals surface area (Å²) in [6, 6.07) is 7.88. The second-order valence-electron chi connectivity index (χ2n) is 11.4. The van der Waals surface area contributed by atoms with Gasteiger partial charge in [-0.25, -0.2) is 14.8 Å². The van der Waals surface area contributed by atoms with Gasteiger partial charge in [0.25, 0.3) is 0 Å². The van der Waals surface area contributed by atoms with Crippen LogP contribution in [0.15, 0.2) is 58.8 Å². The Morgan fingerprint density at radius 2 is 1.95 bits per heavy atom. The van der Waals surface area contributed by atoms with Crippen LogP contribution in [0.25, 0.3) is 16.6 Å². The van der Waals surface area contributed by atoms with Crippen LogP contribution in [-0.4, -0.2) is 70.5 Å². The number of alkyl carbamates (subject to hydrolysis) is 1. The summed E-state index contributed by atoms with van der Waals surface area (Å²) in [5, 5.41) is 4.13. The highest BCUT2D eigenvalue weighted by atomic mass is 32.2. The van der Waals surface area contributed by atoms with Gasteiger partial charge in [-0.05, 0) is 51.8 Å². The molecule has 2 saturated heterocycles. The van der Waals surface area contributed by atoms with E-state index in [1.54, 1.807) is 18.9 Å². The molecule has 2 aliphatic rings. The lowest BCUT2D eigenvalue weighted by Gasteiger charge is -2.42. The number of piperidine rings is 1. The monoisotopic (exact) mass is 562 g/mol. The number of rotatable bonds is 5. The number of nitrogens with zero attached hydrogens (tertiary/aromatic N) is 5. The second-order valence-corrected chi connectivity index (χ2v) is 12.5. The average Bonchev–Trinajstić information content (AvgIpc) is 3.56. The molecule has 1 spiro atoms. The highest BCUT2D eigenvalue weighted by Crippen LogP contribution is 2.41. The molecule has 0 saturated carbocycles. The van der Waals surface area contributed by atoms with Crippen LogP contribution in [0.2, 0.25) is 0 Å². The molecular weight excluding hydrogens is 528 g/mol. The number of ether oxygens (including phenoxy) is 3. The van der Waals surface area contributed by atoms with Crippen molar-refractivity contribution in [3.8, 4) is 5.75 Å². The van der Waals surface area contributed by atoms with Crippen molar-refractivity contribution in [1.82, 2.24) is 24.7 Å². The van der Waals surface area contributed by atoms with Crippen LogP contribution in [-0.2, 0) is 9.47 Å². The molecule has 1 amide bonds. The third-order valence-electron chi connectivity index (χ3n) is 7.65. The van der Waals surface area contributed by atoms with Crippen LogP contribution in [0.3, 0.4) is 0 Å². The summed E-state index contributed by atoms with van der Waals surface area (Å²) in [6.07, 6.45) is 8.89. The van der Waals surface area contributed by atoms with E-state index in [0.717, 1.165) is 64.0 Å². The van der Waals surface area contributed by atoms with Gasteiger partial charge in [-0.2, -0.15) is 0 Å². The smallest absolute Gasteiger partial charge is 0.407 e. The van der Waals surface area contributed by atoms with Gasteiger partial charge >= 0.3 is 6.09 Å². The largest absolute Gasteiger partial charge is 0.497 e. The quantitative estimate of drug-likeness (QED) is 0.362. The molecule has 10 nitrogen and oxygen atoms in total. The summed E-state index contributed by atoms with van der Waals surface area (Å²) in [7, 11) is 1.66. The fraction of sp³-hybridized carbons (Fsp3) is 0.448. The van der Waals surface area contributed by atoms with E-state index in [2.05, 4.69) is 24.6 Å². The lowest BCUT2D eigenvalue weighted by atomic mass is 9.74. The first kappa shape index (κ1) is 26.6. The number of carbonyl (C=O) groups is 1. The third kappa shape index (κ3) is 5.15. The Bertz CT molecular complexity index is 1540. The minimum atomic E-state index is -0.537. The first-order chi connectivity index (χ1) is 19.2.